The van der Waals surface area contributed by atoms with Gasteiger partial charge in [-0.3, -0.25) is 4.79 Å². The van der Waals surface area contributed by atoms with E-state index in [4.69, 9.17) is 14.2 Å². The second-order valence-corrected chi connectivity index (χ2v) is 15.7. The first-order valence-electron chi connectivity index (χ1n) is 14.7. The van der Waals surface area contributed by atoms with Gasteiger partial charge in [-0.1, -0.05) is 55.9 Å². The minimum absolute atomic E-state index is 0.00440. The van der Waals surface area contributed by atoms with Crippen molar-refractivity contribution in [2.45, 2.75) is 67.3 Å². The van der Waals surface area contributed by atoms with Crippen molar-refractivity contribution in [1.82, 2.24) is 9.29 Å². The molecule has 0 radical (unpaired) electrons. The molecule has 12 heteroatoms. The molecule has 234 valence electrons. The highest BCUT2D eigenvalue weighted by atomic mass is 32.2. The van der Waals surface area contributed by atoms with E-state index < -0.39 is 28.0 Å². The monoisotopic (exact) mass is 648 g/mol. The molecule has 0 saturated carbocycles. The average Bonchev–Trinajstić information content (AvgIpc) is 3.64. The second-order valence-electron chi connectivity index (χ2n) is 11.6. The molecule has 0 amide bonds. The summed E-state index contributed by atoms with van der Waals surface area (Å²) in [7, 11) is -3.95. The van der Waals surface area contributed by atoms with E-state index >= 15 is 0 Å². The number of nitrogens with zero attached hydrogens (tertiary/aromatic N) is 2. The lowest BCUT2D eigenvalue weighted by atomic mass is 9.90. The lowest BCUT2D eigenvalue weighted by Crippen LogP contribution is -2.43. The van der Waals surface area contributed by atoms with E-state index in [1.54, 1.807) is 18.2 Å². The van der Waals surface area contributed by atoms with Crippen LogP contribution in [-0.4, -0.2) is 79.8 Å². The lowest BCUT2D eigenvalue weighted by Gasteiger charge is -2.33. The third-order valence-electron chi connectivity index (χ3n) is 7.95. The van der Waals surface area contributed by atoms with Gasteiger partial charge in [0.05, 0.1) is 40.9 Å². The number of aliphatic hydroxyl groups excluding tert-OH is 1. The molecule has 9 nitrogen and oxygen atoms in total. The Morgan fingerprint density at radius 3 is 2.60 bits per heavy atom. The third-order valence-corrected chi connectivity index (χ3v) is 11.8. The largest absolute Gasteiger partial charge is 0.462 e. The fourth-order valence-electron chi connectivity index (χ4n) is 5.78. The van der Waals surface area contributed by atoms with Crippen LogP contribution < -0.4 is 0 Å². The number of aliphatic hydroxyl groups is 1. The molecule has 1 unspecified atom stereocenters. The van der Waals surface area contributed by atoms with E-state index in [9.17, 15) is 18.3 Å². The quantitative estimate of drug-likeness (QED) is 0.203. The van der Waals surface area contributed by atoms with Gasteiger partial charge in [0.2, 0.25) is 10.0 Å². The standard InChI is InChI=1S/C31H40N2O7S3/c1-20(2)18-33(43(36,37)23-9-10-25-28(17-23)42-31(32-25)41-3)19-26(34)22(15-21-7-5-4-6-8-21)16-29(35)40-27-12-14-39-30-24(27)11-13-38-30/h4-10,17,20,22,24,26-27,30,34H,11-16,18-19H2,1-3H3/t22-,24?,26-,27+,30-/m1/s1. The van der Waals surface area contributed by atoms with Gasteiger partial charge in [-0.15, -0.1) is 11.3 Å². The van der Waals surface area contributed by atoms with Gasteiger partial charge >= 0.3 is 5.97 Å². The van der Waals surface area contributed by atoms with Gasteiger partial charge < -0.3 is 19.3 Å². The Morgan fingerprint density at radius 1 is 1.14 bits per heavy atom. The van der Waals surface area contributed by atoms with Crippen molar-refractivity contribution in [1.29, 1.82) is 0 Å². The lowest BCUT2D eigenvalue weighted by molar-refractivity contribution is -0.195. The summed E-state index contributed by atoms with van der Waals surface area (Å²) in [6.07, 6.45) is 1.93. The second kappa shape index (κ2) is 14.4. The van der Waals surface area contributed by atoms with Crippen LogP contribution in [0.15, 0.2) is 57.8 Å². The number of benzene rings is 2. The van der Waals surface area contributed by atoms with E-state index in [1.807, 2.05) is 50.4 Å². The summed E-state index contributed by atoms with van der Waals surface area (Å²) in [6, 6.07) is 14.6. The highest BCUT2D eigenvalue weighted by molar-refractivity contribution is 8.00. The van der Waals surface area contributed by atoms with Gasteiger partial charge in [-0.2, -0.15) is 4.31 Å². The van der Waals surface area contributed by atoms with Crippen LogP contribution in [-0.2, 0) is 35.4 Å². The van der Waals surface area contributed by atoms with Crippen molar-refractivity contribution >= 4 is 49.3 Å². The Morgan fingerprint density at radius 2 is 1.88 bits per heavy atom. The zero-order valence-electron chi connectivity index (χ0n) is 24.8. The van der Waals surface area contributed by atoms with Gasteiger partial charge in [0.25, 0.3) is 0 Å². The summed E-state index contributed by atoms with van der Waals surface area (Å²) in [6.45, 7) is 5.01. The van der Waals surface area contributed by atoms with Crippen LogP contribution in [0.4, 0.5) is 0 Å². The number of ether oxygens (including phenoxy) is 3. The van der Waals surface area contributed by atoms with Crippen LogP contribution in [0, 0.1) is 17.8 Å². The smallest absolute Gasteiger partial charge is 0.306 e. The molecule has 2 aliphatic rings. The Kier molecular flexibility index (Phi) is 10.8. The fraction of sp³-hybridized carbons (Fsp3) is 0.548. The number of sulfonamides is 1. The molecule has 5 atom stereocenters. The Bertz CT molecular complexity index is 1480. The molecule has 1 N–H and O–H groups in total. The van der Waals surface area contributed by atoms with Crippen LogP contribution in [0.1, 0.15) is 38.7 Å². The predicted molar refractivity (Wildman–Crippen MR) is 168 cm³/mol. The zero-order valence-corrected chi connectivity index (χ0v) is 27.2. The number of aromatic nitrogens is 1. The first-order chi connectivity index (χ1) is 20.6. The maximum absolute atomic E-state index is 14.0. The van der Waals surface area contributed by atoms with Crippen molar-refractivity contribution in [3.05, 3.63) is 54.1 Å². The van der Waals surface area contributed by atoms with E-state index in [1.165, 1.54) is 27.4 Å². The summed E-state index contributed by atoms with van der Waals surface area (Å²) < 4.78 is 48.2. The minimum atomic E-state index is -3.95. The van der Waals surface area contributed by atoms with Crippen molar-refractivity contribution in [2.75, 3.05) is 32.6 Å². The molecule has 0 spiro atoms. The number of hydrogen-bond donors (Lipinski definition) is 1. The predicted octanol–water partition coefficient (Wildman–Crippen LogP) is 4.97. The van der Waals surface area contributed by atoms with Crippen molar-refractivity contribution in [3.63, 3.8) is 0 Å². The van der Waals surface area contributed by atoms with Crippen LogP contribution in [0.25, 0.3) is 10.2 Å². The number of hydrogen-bond acceptors (Lipinski definition) is 10. The molecule has 0 bridgehead atoms. The van der Waals surface area contributed by atoms with Crippen LogP contribution in [0.5, 0.6) is 0 Å². The summed E-state index contributed by atoms with van der Waals surface area (Å²) in [5.41, 5.74) is 1.71. The van der Waals surface area contributed by atoms with Gasteiger partial charge in [0.15, 0.2) is 10.6 Å². The summed E-state index contributed by atoms with van der Waals surface area (Å²) >= 11 is 2.97. The number of carbonyl (C=O) groups is 1. The number of esters is 1. The summed E-state index contributed by atoms with van der Waals surface area (Å²) in [4.78, 5) is 18.0. The molecule has 43 heavy (non-hydrogen) atoms. The Labute approximate surface area is 262 Å². The van der Waals surface area contributed by atoms with E-state index in [0.29, 0.717) is 26.1 Å². The van der Waals surface area contributed by atoms with Crippen LogP contribution in [0.3, 0.4) is 0 Å². The maximum atomic E-state index is 14.0. The van der Waals surface area contributed by atoms with Gasteiger partial charge in [-0.25, -0.2) is 13.4 Å². The third kappa shape index (κ3) is 7.97. The molecule has 2 fully saturated rings. The van der Waals surface area contributed by atoms with E-state index in [2.05, 4.69) is 4.98 Å². The van der Waals surface area contributed by atoms with E-state index in [0.717, 1.165) is 26.5 Å². The molecule has 3 heterocycles. The fourth-order valence-corrected chi connectivity index (χ4v) is 9.03. The molecule has 2 saturated heterocycles. The van der Waals surface area contributed by atoms with Crippen LogP contribution in [0.2, 0.25) is 0 Å². The minimum Gasteiger partial charge on any atom is -0.462 e. The zero-order chi connectivity index (χ0) is 30.6. The normalized spacial score (nSPS) is 22.1. The highest BCUT2D eigenvalue weighted by Crippen LogP contribution is 2.34. The molecular formula is C31H40N2O7S3. The average molecular weight is 649 g/mol. The maximum Gasteiger partial charge on any atom is 0.306 e. The van der Waals surface area contributed by atoms with Crippen molar-refractivity contribution in [3.8, 4) is 0 Å². The number of rotatable bonds is 13. The van der Waals surface area contributed by atoms with Crippen molar-refractivity contribution < 1.29 is 32.5 Å². The molecule has 5 rings (SSSR count). The molecule has 0 aliphatic carbocycles. The number of carbonyl (C=O) groups excluding carboxylic acids is 1. The molecule has 2 aliphatic heterocycles. The highest BCUT2D eigenvalue weighted by Gasteiger charge is 2.41. The van der Waals surface area contributed by atoms with Crippen molar-refractivity contribution in [2.24, 2.45) is 17.8 Å². The number of thioether (sulfide) groups is 1. The van der Waals surface area contributed by atoms with Gasteiger partial charge in [-0.05, 0) is 48.8 Å². The number of thiazole rings is 1. The van der Waals surface area contributed by atoms with Gasteiger partial charge in [0, 0.05) is 31.3 Å². The summed E-state index contributed by atoms with van der Waals surface area (Å²) in [5, 5.41) is 11.6. The topological polar surface area (TPSA) is 115 Å². The molecule has 1 aromatic heterocycles. The molecule has 3 aromatic rings. The number of fused-ring (bicyclic) bond motifs is 2. The first kappa shape index (κ1) is 32.3. The Balaban J connectivity index is 1.35. The van der Waals surface area contributed by atoms with E-state index in [-0.39, 0.29) is 48.6 Å². The Hall–Kier alpha value is -2.06. The molecule has 2 aromatic carbocycles. The first-order valence-corrected chi connectivity index (χ1v) is 18.2. The van der Waals surface area contributed by atoms with Crippen LogP contribution >= 0.6 is 23.1 Å². The summed E-state index contributed by atoms with van der Waals surface area (Å²) in [5.74, 6) is -0.936. The molecular weight excluding hydrogens is 609 g/mol. The SMILES string of the molecule is CSc1nc2ccc(S(=O)(=O)N(CC(C)C)C[C@@H](O)[C@@H](CC(=O)O[C@H]3CCO[C@H]4OCCC43)Cc3ccccc3)cc2s1. The van der Waals surface area contributed by atoms with Gasteiger partial charge in [0.1, 0.15) is 6.10 Å².